The van der Waals surface area contributed by atoms with Crippen LogP contribution in [0.15, 0.2) is 0 Å². The zero-order chi connectivity index (χ0) is 14.4. The van der Waals surface area contributed by atoms with Gasteiger partial charge in [-0.15, -0.1) is 0 Å². The van der Waals surface area contributed by atoms with E-state index >= 15 is 0 Å². The van der Waals surface area contributed by atoms with Crippen LogP contribution in [0.1, 0.15) is 20.3 Å². The second-order valence-electron chi connectivity index (χ2n) is 4.78. The summed E-state index contributed by atoms with van der Waals surface area (Å²) in [5.41, 5.74) is 0. The van der Waals surface area contributed by atoms with Gasteiger partial charge >= 0.3 is 5.97 Å². The molecule has 1 aliphatic rings. The summed E-state index contributed by atoms with van der Waals surface area (Å²) in [4.78, 5) is 35.1. The average molecular weight is 271 g/mol. The van der Waals surface area contributed by atoms with E-state index in [0.717, 1.165) is 0 Å². The van der Waals surface area contributed by atoms with Gasteiger partial charge in [0.05, 0.1) is 12.5 Å². The Morgan fingerprint density at radius 2 is 1.89 bits per heavy atom. The summed E-state index contributed by atoms with van der Waals surface area (Å²) in [5.74, 6) is -1.48. The number of rotatable bonds is 6. The summed E-state index contributed by atoms with van der Waals surface area (Å²) in [6.07, 6.45) is 0.579. The van der Waals surface area contributed by atoms with Gasteiger partial charge in [0.15, 0.2) is 0 Å². The maximum atomic E-state index is 11.7. The van der Waals surface area contributed by atoms with Gasteiger partial charge in [0.2, 0.25) is 11.8 Å². The molecule has 1 rings (SSSR count). The smallest absolute Gasteiger partial charge is 0.308 e. The van der Waals surface area contributed by atoms with Crippen molar-refractivity contribution in [3.8, 4) is 0 Å². The van der Waals surface area contributed by atoms with Crippen LogP contribution in [0, 0.1) is 5.92 Å². The second-order valence-corrected chi connectivity index (χ2v) is 4.78. The lowest BCUT2D eigenvalue weighted by Crippen LogP contribution is -2.42. The molecule has 1 heterocycles. The van der Waals surface area contributed by atoms with Gasteiger partial charge in [-0.1, -0.05) is 0 Å². The van der Waals surface area contributed by atoms with E-state index in [4.69, 9.17) is 5.11 Å². The predicted molar refractivity (Wildman–Crippen MR) is 68.5 cm³/mol. The van der Waals surface area contributed by atoms with Crippen LogP contribution >= 0.6 is 0 Å². The Labute approximate surface area is 112 Å². The summed E-state index contributed by atoms with van der Waals surface area (Å²) in [6.45, 7) is 4.84. The van der Waals surface area contributed by atoms with Gasteiger partial charge in [-0.2, -0.15) is 0 Å². The third-order valence-corrected chi connectivity index (χ3v) is 3.37. The third kappa shape index (κ3) is 4.86. The number of carbonyl (C=O) groups is 3. The molecule has 0 aromatic rings. The third-order valence-electron chi connectivity index (χ3n) is 3.37. The number of hydrogen-bond acceptors (Lipinski definition) is 4. The molecular weight excluding hydrogens is 250 g/mol. The molecule has 0 bridgehead atoms. The van der Waals surface area contributed by atoms with Gasteiger partial charge in [0, 0.05) is 26.1 Å². The zero-order valence-electron chi connectivity index (χ0n) is 11.3. The minimum absolute atomic E-state index is 0.126. The summed E-state index contributed by atoms with van der Waals surface area (Å²) in [7, 11) is 0. The van der Waals surface area contributed by atoms with Crippen molar-refractivity contribution in [1.82, 2.24) is 15.5 Å². The monoisotopic (exact) mass is 271 g/mol. The van der Waals surface area contributed by atoms with Crippen molar-refractivity contribution in [2.75, 3.05) is 26.2 Å². The number of nitrogens with zero attached hydrogens (tertiary/aromatic N) is 1. The lowest BCUT2D eigenvalue weighted by molar-refractivity contribution is -0.142. The summed E-state index contributed by atoms with van der Waals surface area (Å²) >= 11 is 0. The first-order valence-corrected chi connectivity index (χ1v) is 6.39. The highest BCUT2D eigenvalue weighted by atomic mass is 16.4. The first-order chi connectivity index (χ1) is 8.91. The van der Waals surface area contributed by atoms with E-state index in [-0.39, 0.29) is 24.4 Å². The normalized spacial score (nSPS) is 23.1. The first kappa shape index (κ1) is 15.4. The lowest BCUT2D eigenvalue weighted by atomic mass is 10.0. The van der Waals surface area contributed by atoms with E-state index in [1.165, 1.54) is 6.92 Å². The van der Waals surface area contributed by atoms with Crippen molar-refractivity contribution in [2.24, 2.45) is 5.92 Å². The molecule has 19 heavy (non-hydrogen) atoms. The second kappa shape index (κ2) is 7.08. The van der Waals surface area contributed by atoms with Crippen molar-refractivity contribution < 1.29 is 19.5 Å². The highest BCUT2D eigenvalue weighted by Crippen LogP contribution is 2.23. The Morgan fingerprint density at radius 3 is 2.42 bits per heavy atom. The van der Waals surface area contributed by atoms with Crippen LogP contribution in [-0.4, -0.2) is 60.0 Å². The Hall–Kier alpha value is -1.63. The summed E-state index contributed by atoms with van der Waals surface area (Å²) < 4.78 is 0. The SMILES string of the molecule is CC(=O)NCCNC(=O)CN1CCC(C(=O)O)C1C. The number of carbonyl (C=O) groups excluding carboxylic acids is 2. The fourth-order valence-electron chi connectivity index (χ4n) is 2.24. The van der Waals surface area contributed by atoms with Crippen molar-refractivity contribution in [1.29, 1.82) is 0 Å². The van der Waals surface area contributed by atoms with Gasteiger partial charge in [0.25, 0.3) is 0 Å². The zero-order valence-corrected chi connectivity index (χ0v) is 11.3. The van der Waals surface area contributed by atoms with Crippen molar-refractivity contribution in [3.63, 3.8) is 0 Å². The Balaban J connectivity index is 2.26. The van der Waals surface area contributed by atoms with Crippen LogP contribution < -0.4 is 10.6 Å². The minimum atomic E-state index is -0.805. The molecule has 1 saturated heterocycles. The fraction of sp³-hybridized carbons (Fsp3) is 0.750. The van der Waals surface area contributed by atoms with Gasteiger partial charge in [-0.3, -0.25) is 19.3 Å². The standard InChI is InChI=1S/C12H21N3O4/c1-8-10(12(18)19)3-6-15(8)7-11(17)14-5-4-13-9(2)16/h8,10H,3-7H2,1-2H3,(H,13,16)(H,14,17)(H,18,19). The topological polar surface area (TPSA) is 98.7 Å². The van der Waals surface area contributed by atoms with Crippen LogP contribution in [0.5, 0.6) is 0 Å². The molecule has 0 spiro atoms. The number of likely N-dealkylation sites (tertiary alicyclic amines) is 1. The van der Waals surface area contributed by atoms with E-state index in [0.29, 0.717) is 26.1 Å². The van der Waals surface area contributed by atoms with E-state index in [1.54, 1.807) is 0 Å². The molecule has 0 aromatic carbocycles. The molecular formula is C12H21N3O4. The van der Waals surface area contributed by atoms with Crippen LogP contribution in [0.2, 0.25) is 0 Å². The number of nitrogens with one attached hydrogen (secondary N) is 2. The fourth-order valence-corrected chi connectivity index (χ4v) is 2.24. The van der Waals surface area contributed by atoms with Crippen LogP contribution in [-0.2, 0) is 14.4 Å². The van der Waals surface area contributed by atoms with Crippen LogP contribution in [0.25, 0.3) is 0 Å². The van der Waals surface area contributed by atoms with Gasteiger partial charge in [-0.25, -0.2) is 0 Å². The maximum Gasteiger partial charge on any atom is 0.308 e. The molecule has 7 heteroatoms. The molecule has 0 saturated carbocycles. The number of hydrogen-bond donors (Lipinski definition) is 3. The Bertz CT molecular complexity index is 359. The number of amides is 2. The summed E-state index contributed by atoms with van der Waals surface area (Å²) in [6, 6.07) is -0.126. The number of aliphatic carboxylic acids is 1. The summed E-state index contributed by atoms with van der Waals surface area (Å²) in [5, 5.41) is 14.3. The molecule has 0 radical (unpaired) electrons. The molecule has 2 unspecified atom stereocenters. The molecule has 0 aliphatic carbocycles. The van der Waals surface area contributed by atoms with Crippen molar-refractivity contribution in [3.05, 3.63) is 0 Å². The van der Waals surface area contributed by atoms with E-state index in [2.05, 4.69) is 10.6 Å². The molecule has 2 atom stereocenters. The highest BCUT2D eigenvalue weighted by Gasteiger charge is 2.36. The lowest BCUT2D eigenvalue weighted by Gasteiger charge is -2.22. The molecule has 3 N–H and O–H groups in total. The largest absolute Gasteiger partial charge is 0.481 e. The number of carboxylic acid groups (broad SMARTS) is 1. The molecule has 0 aromatic heterocycles. The van der Waals surface area contributed by atoms with E-state index in [1.807, 2.05) is 11.8 Å². The van der Waals surface area contributed by atoms with E-state index < -0.39 is 11.9 Å². The van der Waals surface area contributed by atoms with Crippen molar-refractivity contribution in [2.45, 2.75) is 26.3 Å². The molecule has 7 nitrogen and oxygen atoms in total. The van der Waals surface area contributed by atoms with E-state index in [9.17, 15) is 14.4 Å². The average Bonchev–Trinajstić information content (AvgIpc) is 2.66. The molecule has 1 fully saturated rings. The van der Waals surface area contributed by atoms with Crippen LogP contribution in [0.3, 0.4) is 0 Å². The molecule has 1 aliphatic heterocycles. The van der Waals surface area contributed by atoms with Crippen molar-refractivity contribution >= 4 is 17.8 Å². The first-order valence-electron chi connectivity index (χ1n) is 6.39. The Kier molecular flexibility index (Phi) is 5.75. The molecule has 2 amide bonds. The number of carboxylic acids is 1. The maximum absolute atomic E-state index is 11.7. The van der Waals surface area contributed by atoms with Crippen LogP contribution in [0.4, 0.5) is 0 Å². The Morgan fingerprint density at radius 1 is 1.26 bits per heavy atom. The quantitative estimate of drug-likeness (QED) is 0.540. The predicted octanol–water partition coefficient (Wildman–Crippen LogP) is -0.966. The minimum Gasteiger partial charge on any atom is -0.481 e. The van der Waals surface area contributed by atoms with Gasteiger partial charge < -0.3 is 15.7 Å². The molecule has 108 valence electrons. The van der Waals surface area contributed by atoms with Gasteiger partial charge in [0.1, 0.15) is 0 Å². The highest BCUT2D eigenvalue weighted by molar-refractivity contribution is 5.78. The van der Waals surface area contributed by atoms with Gasteiger partial charge in [-0.05, 0) is 19.9 Å².